The molecule has 0 bridgehead atoms. The van der Waals surface area contributed by atoms with Gasteiger partial charge in [-0.25, -0.2) is 4.79 Å². The van der Waals surface area contributed by atoms with Crippen molar-refractivity contribution in [2.24, 2.45) is 0 Å². The Bertz CT molecular complexity index is 1490. The van der Waals surface area contributed by atoms with Crippen molar-refractivity contribution in [1.29, 1.82) is 0 Å². The van der Waals surface area contributed by atoms with E-state index in [0.717, 1.165) is 18.1 Å². The second kappa shape index (κ2) is 12.5. The Morgan fingerprint density at radius 1 is 0.757 bits per heavy atom. The Hall–Kier alpha value is -3.78. The summed E-state index contributed by atoms with van der Waals surface area (Å²) >= 11 is 19.0. The number of nitrogens with one attached hydrogen (secondary N) is 2. The number of hydrogen-bond acceptors (Lipinski definition) is 4. The predicted molar refractivity (Wildman–Crippen MR) is 148 cm³/mol. The van der Waals surface area contributed by atoms with Crippen molar-refractivity contribution in [2.75, 3.05) is 10.6 Å². The standard InChI is InChI=1S/C25H17Cl3N2O3.C2H4O2/c1-14(31)33-17-9-10-19-20(12-17)24(23(28)13-22(19)27)30-25(32)29-16-6-4-5-15(11-16)18-7-2-3-8-21(18)26;1-2(3)4/h2-13H,1H3,(H2,29,30,32);1H3,(H,3,4). The van der Waals surface area contributed by atoms with Gasteiger partial charge >= 0.3 is 12.0 Å². The number of carboxylic acids is 1. The first kappa shape index (κ1) is 27.8. The van der Waals surface area contributed by atoms with Crippen LogP contribution in [0.25, 0.3) is 21.9 Å². The number of carbonyl (C=O) groups excluding carboxylic acids is 2. The fraction of sp³-hybridized carbons (Fsp3) is 0.0741. The smallest absolute Gasteiger partial charge is 0.323 e. The van der Waals surface area contributed by atoms with E-state index in [1.807, 2.05) is 36.4 Å². The normalized spacial score (nSPS) is 10.2. The van der Waals surface area contributed by atoms with Gasteiger partial charge in [-0.15, -0.1) is 0 Å². The molecule has 0 saturated carbocycles. The van der Waals surface area contributed by atoms with E-state index in [1.54, 1.807) is 36.4 Å². The largest absolute Gasteiger partial charge is 0.481 e. The van der Waals surface area contributed by atoms with Crippen molar-refractivity contribution < 1.29 is 24.2 Å². The molecule has 0 unspecified atom stereocenters. The highest BCUT2D eigenvalue weighted by Crippen LogP contribution is 2.38. The molecule has 4 aromatic rings. The zero-order valence-electron chi connectivity index (χ0n) is 19.6. The Balaban J connectivity index is 0.000000886. The molecule has 0 aromatic heterocycles. The van der Waals surface area contributed by atoms with Crippen molar-refractivity contribution in [1.82, 2.24) is 0 Å². The van der Waals surface area contributed by atoms with Crippen LogP contribution in [0.1, 0.15) is 13.8 Å². The van der Waals surface area contributed by atoms with Crippen LogP contribution in [0.15, 0.2) is 72.8 Å². The van der Waals surface area contributed by atoms with Crippen molar-refractivity contribution in [3.05, 3.63) is 87.9 Å². The molecule has 0 atom stereocenters. The van der Waals surface area contributed by atoms with Gasteiger partial charge in [0, 0.05) is 40.9 Å². The molecule has 0 aliphatic rings. The predicted octanol–water partition coefficient (Wildman–Crippen LogP) is 8.13. The van der Waals surface area contributed by atoms with E-state index in [9.17, 15) is 9.59 Å². The SMILES string of the molecule is CC(=O)O.CC(=O)Oc1ccc2c(Cl)cc(Cl)c(NC(=O)Nc3cccc(-c4ccccc4Cl)c3)c2c1. The third-order valence-corrected chi connectivity index (χ3v) is 5.76. The number of carbonyl (C=O) groups is 3. The number of esters is 1. The Labute approximate surface area is 227 Å². The molecule has 3 N–H and O–H groups in total. The maximum atomic E-state index is 12.8. The number of anilines is 2. The van der Waals surface area contributed by atoms with Crippen LogP contribution < -0.4 is 15.4 Å². The summed E-state index contributed by atoms with van der Waals surface area (Å²) < 4.78 is 5.16. The first-order chi connectivity index (χ1) is 17.5. The van der Waals surface area contributed by atoms with Gasteiger partial charge in [0.25, 0.3) is 5.97 Å². The van der Waals surface area contributed by atoms with Crippen molar-refractivity contribution in [3.63, 3.8) is 0 Å². The highest BCUT2D eigenvalue weighted by Gasteiger charge is 2.15. The van der Waals surface area contributed by atoms with E-state index in [1.165, 1.54) is 6.92 Å². The molecule has 0 heterocycles. The third kappa shape index (κ3) is 7.60. The summed E-state index contributed by atoms with van der Waals surface area (Å²) in [5.41, 5.74) is 2.62. The number of ether oxygens (including phenoxy) is 1. The minimum atomic E-state index is -0.833. The van der Waals surface area contributed by atoms with Crippen LogP contribution in [-0.2, 0) is 9.59 Å². The molecule has 0 saturated heterocycles. The molecule has 0 spiro atoms. The number of aliphatic carboxylic acids is 1. The minimum Gasteiger partial charge on any atom is -0.481 e. The number of halogens is 3. The van der Waals surface area contributed by atoms with Gasteiger partial charge < -0.3 is 20.5 Å². The molecular formula is C27H21Cl3N2O5. The van der Waals surface area contributed by atoms with Gasteiger partial charge in [0.1, 0.15) is 5.75 Å². The summed E-state index contributed by atoms with van der Waals surface area (Å²) in [7, 11) is 0. The summed E-state index contributed by atoms with van der Waals surface area (Å²) in [5.74, 6) is -0.989. The molecule has 7 nitrogen and oxygen atoms in total. The van der Waals surface area contributed by atoms with Crippen molar-refractivity contribution in [2.45, 2.75) is 13.8 Å². The molecule has 37 heavy (non-hydrogen) atoms. The Kier molecular flexibility index (Phi) is 9.36. The summed E-state index contributed by atoms with van der Waals surface area (Å²) in [5, 5.41) is 15.4. The topological polar surface area (TPSA) is 105 Å². The molecule has 4 aromatic carbocycles. The molecule has 190 valence electrons. The second-order valence-electron chi connectivity index (χ2n) is 7.68. The first-order valence-electron chi connectivity index (χ1n) is 10.8. The highest BCUT2D eigenvalue weighted by molar-refractivity contribution is 6.41. The van der Waals surface area contributed by atoms with Crippen molar-refractivity contribution in [3.8, 4) is 16.9 Å². The van der Waals surface area contributed by atoms with Crippen LogP contribution in [0, 0.1) is 0 Å². The zero-order chi connectivity index (χ0) is 27.1. The average molecular weight is 560 g/mol. The number of benzene rings is 4. The van der Waals surface area contributed by atoms with Gasteiger partial charge in [0.15, 0.2) is 0 Å². The number of rotatable bonds is 4. The monoisotopic (exact) mass is 558 g/mol. The molecular weight excluding hydrogens is 539 g/mol. The Morgan fingerprint density at radius 2 is 1.46 bits per heavy atom. The van der Waals surface area contributed by atoms with Gasteiger partial charge in [-0.2, -0.15) is 0 Å². The lowest BCUT2D eigenvalue weighted by atomic mass is 10.1. The molecule has 0 aliphatic heterocycles. The zero-order valence-corrected chi connectivity index (χ0v) is 21.9. The quantitative estimate of drug-likeness (QED) is 0.173. The van der Waals surface area contributed by atoms with E-state index in [4.69, 9.17) is 49.4 Å². The van der Waals surface area contributed by atoms with E-state index >= 15 is 0 Å². The van der Waals surface area contributed by atoms with Gasteiger partial charge in [0.2, 0.25) is 0 Å². The van der Waals surface area contributed by atoms with Crippen LogP contribution in [0.4, 0.5) is 16.2 Å². The first-order valence-corrected chi connectivity index (χ1v) is 11.9. The lowest BCUT2D eigenvalue weighted by Gasteiger charge is -2.14. The van der Waals surface area contributed by atoms with E-state index < -0.39 is 18.0 Å². The van der Waals surface area contributed by atoms with Crippen LogP contribution in [0.3, 0.4) is 0 Å². The van der Waals surface area contributed by atoms with Gasteiger partial charge in [-0.3, -0.25) is 9.59 Å². The summed E-state index contributed by atoms with van der Waals surface area (Å²) in [6, 6.07) is 20.7. The molecule has 0 radical (unpaired) electrons. The lowest BCUT2D eigenvalue weighted by molar-refractivity contribution is -0.134. The van der Waals surface area contributed by atoms with Crippen LogP contribution in [0.5, 0.6) is 5.75 Å². The van der Waals surface area contributed by atoms with Gasteiger partial charge in [-0.1, -0.05) is 65.1 Å². The fourth-order valence-corrected chi connectivity index (χ4v) is 4.25. The summed E-state index contributed by atoms with van der Waals surface area (Å²) in [4.78, 5) is 33.2. The maximum absolute atomic E-state index is 12.8. The number of carboxylic acid groups (broad SMARTS) is 1. The third-order valence-electron chi connectivity index (χ3n) is 4.82. The molecule has 0 aliphatic carbocycles. The van der Waals surface area contributed by atoms with Crippen LogP contribution >= 0.6 is 34.8 Å². The van der Waals surface area contributed by atoms with Crippen LogP contribution in [-0.4, -0.2) is 23.1 Å². The minimum absolute atomic E-state index is 0.243. The summed E-state index contributed by atoms with van der Waals surface area (Å²) in [6.07, 6.45) is 0. The van der Waals surface area contributed by atoms with E-state index in [0.29, 0.717) is 37.9 Å². The molecule has 0 fully saturated rings. The van der Waals surface area contributed by atoms with Gasteiger partial charge in [-0.05, 0) is 48.0 Å². The number of fused-ring (bicyclic) bond motifs is 1. The summed E-state index contributed by atoms with van der Waals surface area (Å²) in [6.45, 7) is 2.39. The maximum Gasteiger partial charge on any atom is 0.323 e. The fourth-order valence-electron chi connectivity index (χ4n) is 3.42. The van der Waals surface area contributed by atoms with Gasteiger partial charge in [0.05, 0.1) is 15.7 Å². The number of hydrogen-bond donors (Lipinski definition) is 3. The van der Waals surface area contributed by atoms with Crippen molar-refractivity contribution >= 4 is 74.9 Å². The Morgan fingerprint density at radius 3 is 2.14 bits per heavy atom. The van der Waals surface area contributed by atoms with E-state index in [-0.39, 0.29) is 5.02 Å². The molecule has 4 rings (SSSR count). The van der Waals surface area contributed by atoms with Crippen LogP contribution in [0.2, 0.25) is 15.1 Å². The molecule has 2 amide bonds. The average Bonchev–Trinajstić information content (AvgIpc) is 2.81. The number of amides is 2. The second-order valence-corrected chi connectivity index (χ2v) is 8.90. The highest BCUT2D eigenvalue weighted by atomic mass is 35.5. The lowest BCUT2D eigenvalue weighted by Crippen LogP contribution is -2.20. The van der Waals surface area contributed by atoms with E-state index in [2.05, 4.69) is 10.6 Å². The number of urea groups is 1. The molecule has 10 heteroatoms.